The highest BCUT2D eigenvalue weighted by molar-refractivity contribution is 5.98. The van der Waals surface area contributed by atoms with E-state index in [-0.39, 0.29) is 17.8 Å². The van der Waals surface area contributed by atoms with Crippen LogP contribution in [0.15, 0.2) is 66.7 Å². The lowest BCUT2D eigenvalue weighted by Gasteiger charge is -2.39. The van der Waals surface area contributed by atoms with Gasteiger partial charge in [-0.15, -0.1) is 0 Å². The Morgan fingerprint density at radius 2 is 1.69 bits per heavy atom. The summed E-state index contributed by atoms with van der Waals surface area (Å²) < 4.78 is 13.5. The number of halogens is 1. The van der Waals surface area contributed by atoms with Gasteiger partial charge in [-0.3, -0.25) is 9.69 Å². The van der Waals surface area contributed by atoms with E-state index in [1.165, 1.54) is 6.07 Å². The summed E-state index contributed by atoms with van der Waals surface area (Å²) in [5.74, 6) is -0.161. The van der Waals surface area contributed by atoms with E-state index in [4.69, 9.17) is 0 Å². The molecule has 2 bridgehead atoms. The molecule has 0 saturated carbocycles. The first-order chi connectivity index (χ1) is 14.2. The fourth-order valence-electron chi connectivity index (χ4n) is 5.10. The maximum absolute atomic E-state index is 13.5. The van der Waals surface area contributed by atoms with Crippen LogP contribution in [-0.2, 0) is 6.54 Å². The molecule has 29 heavy (non-hydrogen) atoms. The van der Waals surface area contributed by atoms with E-state index in [2.05, 4.69) is 16.3 Å². The zero-order valence-electron chi connectivity index (χ0n) is 16.4. The Kier molecular flexibility index (Phi) is 4.80. The Morgan fingerprint density at radius 3 is 2.45 bits per heavy atom. The number of carbonyl (C=O) groups excluding carboxylic acids is 1. The monoisotopic (exact) mass is 388 g/mol. The molecular formula is C25H25FN2O. The number of benzene rings is 3. The number of hydrogen-bond acceptors (Lipinski definition) is 2. The topological polar surface area (TPSA) is 32.3 Å². The Morgan fingerprint density at radius 1 is 0.931 bits per heavy atom. The van der Waals surface area contributed by atoms with Crippen molar-refractivity contribution in [1.29, 1.82) is 0 Å². The molecule has 0 radical (unpaired) electrons. The molecule has 2 fully saturated rings. The van der Waals surface area contributed by atoms with E-state index in [1.54, 1.807) is 12.1 Å². The van der Waals surface area contributed by atoms with Crippen molar-refractivity contribution in [2.45, 2.75) is 50.4 Å². The van der Waals surface area contributed by atoms with E-state index in [9.17, 15) is 9.18 Å². The summed E-state index contributed by atoms with van der Waals surface area (Å²) in [5.41, 5.74) is 1.75. The molecule has 1 N–H and O–H groups in total. The van der Waals surface area contributed by atoms with E-state index in [0.29, 0.717) is 12.1 Å². The van der Waals surface area contributed by atoms with Crippen LogP contribution in [0.3, 0.4) is 0 Å². The number of piperidine rings is 1. The fourth-order valence-corrected chi connectivity index (χ4v) is 5.10. The second-order valence-electron chi connectivity index (χ2n) is 8.39. The minimum absolute atomic E-state index is 0.0127. The van der Waals surface area contributed by atoms with Gasteiger partial charge < -0.3 is 5.32 Å². The zero-order valence-corrected chi connectivity index (χ0v) is 16.4. The first-order valence-corrected chi connectivity index (χ1v) is 10.5. The third kappa shape index (κ3) is 3.77. The number of nitrogens with one attached hydrogen (secondary N) is 1. The molecule has 3 nitrogen and oxygen atoms in total. The van der Waals surface area contributed by atoms with Crippen LogP contribution < -0.4 is 5.32 Å². The van der Waals surface area contributed by atoms with Gasteiger partial charge in [0.1, 0.15) is 5.82 Å². The summed E-state index contributed by atoms with van der Waals surface area (Å²) in [5, 5.41) is 5.50. The minimum atomic E-state index is -0.174. The van der Waals surface area contributed by atoms with Gasteiger partial charge in [-0.2, -0.15) is 0 Å². The van der Waals surface area contributed by atoms with E-state index in [0.717, 1.165) is 54.1 Å². The summed E-state index contributed by atoms with van der Waals surface area (Å²) in [4.78, 5) is 15.3. The Bertz CT molecular complexity index is 1040. The average molecular weight is 388 g/mol. The second kappa shape index (κ2) is 7.60. The van der Waals surface area contributed by atoms with Gasteiger partial charge in [-0.1, -0.05) is 42.5 Å². The van der Waals surface area contributed by atoms with Crippen LogP contribution in [0.5, 0.6) is 0 Å². The first kappa shape index (κ1) is 18.3. The average Bonchev–Trinajstić information content (AvgIpc) is 2.95. The van der Waals surface area contributed by atoms with Crippen LogP contribution in [0, 0.1) is 5.82 Å². The number of rotatable bonds is 4. The number of carbonyl (C=O) groups is 1. The SMILES string of the molecule is O=C(NC1CC2CCC(C1)N2Cc1cccc(F)c1)c1ccc2ccccc2c1. The van der Waals surface area contributed by atoms with Crippen molar-refractivity contribution in [3.05, 3.63) is 83.7 Å². The van der Waals surface area contributed by atoms with Crippen LogP contribution in [0.4, 0.5) is 4.39 Å². The molecule has 3 aromatic carbocycles. The molecule has 148 valence electrons. The van der Waals surface area contributed by atoms with Crippen molar-refractivity contribution in [1.82, 2.24) is 10.2 Å². The highest BCUT2D eigenvalue weighted by Gasteiger charge is 2.40. The Balaban J connectivity index is 1.25. The number of amides is 1. The highest BCUT2D eigenvalue weighted by atomic mass is 19.1. The summed E-state index contributed by atoms with van der Waals surface area (Å²) in [6.07, 6.45) is 4.24. The molecule has 2 atom stereocenters. The molecule has 0 spiro atoms. The molecule has 4 heteroatoms. The number of fused-ring (bicyclic) bond motifs is 3. The number of nitrogens with zero attached hydrogens (tertiary/aromatic N) is 1. The number of hydrogen-bond donors (Lipinski definition) is 1. The van der Waals surface area contributed by atoms with Crippen molar-refractivity contribution < 1.29 is 9.18 Å². The minimum Gasteiger partial charge on any atom is -0.349 e. The van der Waals surface area contributed by atoms with Crippen LogP contribution in [0.1, 0.15) is 41.6 Å². The molecule has 2 aliphatic rings. The summed E-state index contributed by atoms with van der Waals surface area (Å²) in [7, 11) is 0. The Hall–Kier alpha value is -2.72. The van der Waals surface area contributed by atoms with Gasteiger partial charge in [-0.05, 0) is 66.3 Å². The molecular weight excluding hydrogens is 363 g/mol. The first-order valence-electron chi connectivity index (χ1n) is 10.5. The third-order valence-corrected chi connectivity index (χ3v) is 6.49. The maximum atomic E-state index is 13.5. The van der Waals surface area contributed by atoms with Gasteiger partial charge in [0.15, 0.2) is 0 Å². The standard InChI is InChI=1S/C25H25FN2O/c26-21-7-3-4-17(12-21)16-28-23-10-11-24(28)15-22(14-23)27-25(29)20-9-8-18-5-1-2-6-19(18)13-20/h1-9,12-13,22-24H,10-11,14-16H2,(H,27,29). The van der Waals surface area contributed by atoms with Crippen molar-refractivity contribution in [3.8, 4) is 0 Å². The normalized spacial score (nSPS) is 24.0. The second-order valence-corrected chi connectivity index (χ2v) is 8.39. The van der Waals surface area contributed by atoms with Crippen LogP contribution >= 0.6 is 0 Å². The van der Waals surface area contributed by atoms with Crippen LogP contribution in [0.2, 0.25) is 0 Å². The van der Waals surface area contributed by atoms with Gasteiger partial charge in [0.2, 0.25) is 0 Å². The molecule has 2 aliphatic heterocycles. The lowest BCUT2D eigenvalue weighted by atomic mass is 9.96. The zero-order chi connectivity index (χ0) is 19.8. The van der Waals surface area contributed by atoms with Crippen LogP contribution in [-0.4, -0.2) is 28.9 Å². The van der Waals surface area contributed by atoms with Gasteiger partial charge in [-0.25, -0.2) is 4.39 Å². The molecule has 0 aliphatic carbocycles. The van der Waals surface area contributed by atoms with Crippen LogP contribution in [0.25, 0.3) is 10.8 Å². The largest absolute Gasteiger partial charge is 0.349 e. The van der Waals surface area contributed by atoms with Crippen molar-refractivity contribution >= 4 is 16.7 Å². The van der Waals surface area contributed by atoms with Gasteiger partial charge >= 0.3 is 0 Å². The molecule has 5 rings (SSSR count). The summed E-state index contributed by atoms with van der Waals surface area (Å²) in [6, 6.07) is 22.0. The molecule has 3 aromatic rings. The summed E-state index contributed by atoms with van der Waals surface area (Å²) in [6.45, 7) is 0.790. The van der Waals surface area contributed by atoms with E-state index in [1.807, 2.05) is 42.5 Å². The van der Waals surface area contributed by atoms with Gasteiger partial charge in [0.25, 0.3) is 5.91 Å². The van der Waals surface area contributed by atoms with Gasteiger partial charge in [0, 0.05) is 30.2 Å². The molecule has 2 heterocycles. The van der Waals surface area contributed by atoms with Crippen molar-refractivity contribution in [3.63, 3.8) is 0 Å². The predicted molar refractivity (Wildman–Crippen MR) is 113 cm³/mol. The van der Waals surface area contributed by atoms with Gasteiger partial charge in [0.05, 0.1) is 0 Å². The lowest BCUT2D eigenvalue weighted by Crippen LogP contribution is -2.50. The molecule has 2 unspecified atom stereocenters. The predicted octanol–water partition coefficient (Wildman–Crippen LogP) is 4.90. The van der Waals surface area contributed by atoms with Crippen molar-refractivity contribution in [2.75, 3.05) is 0 Å². The van der Waals surface area contributed by atoms with Crippen molar-refractivity contribution in [2.24, 2.45) is 0 Å². The third-order valence-electron chi connectivity index (χ3n) is 6.49. The van der Waals surface area contributed by atoms with E-state index < -0.39 is 0 Å². The van der Waals surface area contributed by atoms with E-state index >= 15 is 0 Å². The molecule has 2 saturated heterocycles. The Labute approximate surface area is 170 Å². The maximum Gasteiger partial charge on any atom is 0.251 e. The molecule has 0 aromatic heterocycles. The lowest BCUT2D eigenvalue weighted by molar-refractivity contribution is 0.0827. The smallest absolute Gasteiger partial charge is 0.251 e. The fraction of sp³-hybridized carbons (Fsp3) is 0.320. The summed E-state index contributed by atoms with van der Waals surface area (Å²) >= 11 is 0. The molecule has 1 amide bonds. The quantitative estimate of drug-likeness (QED) is 0.689. The highest BCUT2D eigenvalue weighted by Crippen LogP contribution is 2.37.